The number of aromatic nitrogens is 1. The first kappa shape index (κ1) is 35.4. The van der Waals surface area contributed by atoms with Crippen molar-refractivity contribution in [1.82, 2.24) is 9.88 Å². The Morgan fingerprint density at radius 3 is 2.45 bits per heavy atom. The zero-order valence-corrected chi connectivity index (χ0v) is 31.0. The van der Waals surface area contributed by atoms with Gasteiger partial charge >= 0.3 is 5.97 Å². The van der Waals surface area contributed by atoms with Gasteiger partial charge in [0.1, 0.15) is 0 Å². The second kappa shape index (κ2) is 13.9. The molecule has 0 spiro atoms. The summed E-state index contributed by atoms with van der Waals surface area (Å²) in [5.41, 5.74) is 10.6. The van der Waals surface area contributed by atoms with E-state index in [4.69, 9.17) is 26.1 Å². The molecule has 47 heavy (non-hydrogen) atoms. The summed E-state index contributed by atoms with van der Waals surface area (Å²) in [5.74, 6) is -0.369. The van der Waals surface area contributed by atoms with E-state index in [1.54, 1.807) is 0 Å². The van der Waals surface area contributed by atoms with Crippen molar-refractivity contribution in [2.45, 2.75) is 119 Å². The summed E-state index contributed by atoms with van der Waals surface area (Å²) in [6.45, 7) is 25.1. The molecule has 0 saturated carbocycles. The Labute approximate surface area is 287 Å². The van der Waals surface area contributed by atoms with E-state index in [1.807, 2.05) is 53.7 Å². The van der Waals surface area contributed by atoms with Crippen LogP contribution in [0.15, 0.2) is 36.4 Å². The third kappa shape index (κ3) is 8.21. The average molecular weight is 660 g/mol. The lowest BCUT2D eigenvalue weighted by atomic mass is 9.82. The van der Waals surface area contributed by atoms with Crippen LogP contribution < -0.4 is 4.90 Å². The molecular weight excluding hydrogens is 606 g/mol. The standard InChI is InChI=1S/C40H54ClN3O3/c1-25(2)46-38(45)37(47-39(6,7)8)35-28(5)42-27(4)34(36(35)44-19-12-18-40(9,10)24-44)30-15-16-31-22-43(20-17-29(31)21-30)23-32-26(3)13-11-14-33(32)41/h11,13-16,21,25,37H,12,17-20,22-24H2,1-10H3. The molecule has 0 N–H and O–H groups in total. The van der Waals surface area contributed by atoms with E-state index in [-0.39, 0.29) is 17.5 Å². The number of nitrogens with zero attached hydrogens (tertiary/aromatic N) is 3. The Hall–Kier alpha value is -2.93. The van der Waals surface area contributed by atoms with Crippen molar-refractivity contribution < 1.29 is 14.3 Å². The van der Waals surface area contributed by atoms with Crippen LogP contribution in [0, 0.1) is 26.2 Å². The van der Waals surface area contributed by atoms with E-state index >= 15 is 0 Å². The number of halogens is 1. The fourth-order valence-corrected chi connectivity index (χ4v) is 7.59. The molecule has 2 aromatic carbocycles. The summed E-state index contributed by atoms with van der Waals surface area (Å²) in [7, 11) is 0. The predicted molar refractivity (Wildman–Crippen MR) is 193 cm³/mol. The van der Waals surface area contributed by atoms with Gasteiger partial charge in [-0.2, -0.15) is 0 Å². The second-order valence-electron chi connectivity index (χ2n) is 15.7. The van der Waals surface area contributed by atoms with Crippen molar-refractivity contribution in [3.05, 3.63) is 80.6 Å². The van der Waals surface area contributed by atoms with Crippen molar-refractivity contribution in [1.29, 1.82) is 0 Å². The van der Waals surface area contributed by atoms with Gasteiger partial charge in [0.2, 0.25) is 0 Å². The maximum absolute atomic E-state index is 13.9. The molecule has 2 aliphatic rings. The van der Waals surface area contributed by atoms with Gasteiger partial charge in [-0.25, -0.2) is 4.79 Å². The Balaban J connectivity index is 1.61. The van der Waals surface area contributed by atoms with Crippen LogP contribution >= 0.6 is 11.6 Å². The number of fused-ring (bicyclic) bond motifs is 1. The van der Waals surface area contributed by atoms with Crippen molar-refractivity contribution in [3.63, 3.8) is 0 Å². The molecule has 1 unspecified atom stereocenters. The molecule has 254 valence electrons. The van der Waals surface area contributed by atoms with Gasteiger partial charge in [0.15, 0.2) is 6.10 Å². The Bertz CT molecular complexity index is 1600. The van der Waals surface area contributed by atoms with Gasteiger partial charge in [0.05, 0.1) is 17.4 Å². The van der Waals surface area contributed by atoms with E-state index < -0.39 is 11.7 Å². The lowest BCUT2D eigenvalue weighted by molar-refractivity contribution is -0.171. The van der Waals surface area contributed by atoms with Crippen molar-refractivity contribution in [2.24, 2.45) is 5.41 Å². The van der Waals surface area contributed by atoms with Gasteiger partial charge < -0.3 is 14.4 Å². The van der Waals surface area contributed by atoms with Crippen LogP contribution in [-0.2, 0) is 33.8 Å². The van der Waals surface area contributed by atoms with E-state index in [0.717, 1.165) is 90.8 Å². The molecule has 1 fully saturated rings. The van der Waals surface area contributed by atoms with Crippen molar-refractivity contribution in [2.75, 3.05) is 24.5 Å². The topological polar surface area (TPSA) is 54.9 Å². The Kier molecular flexibility index (Phi) is 10.5. The number of hydrogen-bond donors (Lipinski definition) is 0. The van der Waals surface area contributed by atoms with Gasteiger partial charge in [-0.1, -0.05) is 55.8 Å². The molecule has 5 rings (SSSR count). The quantitative estimate of drug-likeness (QED) is 0.225. The lowest BCUT2D eigenvalue weighted by Crippen LogP contribution is -2.42. The highest BCUT2D eigenvalue weighted by atomic mass is 35.5. The number of carbonyl (C=O) groups excluding carboxylic acids is 1. The third-order valence-electron chi connectivity index (χ3n) is 9.42. The second-order valence-corrected chi connectivity index (χ2v) is 16.1. The minimum absolute atomic E-state index is 0.135. The van der Waals surface area contributed by atoms with Crippen molar-refractivity contribution >= 4 is 23.3 Å². The molecule has 0 bridgehead atoms. The zero-order chi connectivity index (χ0) is 34.3. The maximum Gasteiger partial charge on any atom is 0.340 e. The molecule has 3 heterocycles. The number of carbonyl (C=O) groups is 1. The highest BCUT2D eigenvalue weighted by molar-refractivity contribution is 6.31. The molecule has 1 saturated heterocycles. The van der Waals surface area contributed by atoms with E-state index in [2.05, 4.69) is 61.8 Å². The van der Waals surface area contributed by atoms with E-state index in [0.29, 0.717) is 0 Å². The van der Waals surface area contributed by atoms with Gasteiger partial charge in [-0.15, -0.1) is 0 Å². The fourth-order valence-electron chi connectivity index (χ4n) is 7.31. The molecule has 0 radical (unpaired) electrons. The summed E-state index contributed by atoms with van der Waals surface area (Å²) in [6, 6.07) is 13.0. The first-order valence-corrected chi connectivity index (χ1v) is 17.6. The number of aryl methyl sites for hydroxylation is 3. The minimum atomic E-state index is -0.899. The minimum Gasteiger partial charge on any atom is -0.461 e. The summed E-state index contributed by atoms with van der Waals surface area (Å²) in [5, 5.41) is 0.837. The zero-order valence-electron chi connectivity index (χ0n) is 30.2. The van der Waals surface area contributed by atoms with Crippen molar-refractivity contribution in [3.8, 4) is 11.1 Å². The lowest BCUT2D eigenvalue weighted by Gasteiger charge is -2.42. The molecule has 1 aromatic heterocycles. The molecule has 7 heteroatoms. The third-order valence-corrected chi connectivity index (χ3v) is 9.77. The highest BCUT2D eigenvalue weighted by Crippen LogP contribution is 2.46. The van der Waals surface area contributed by atoms with E-state index in [9.17, 15) is 4.79 Å². The maximum atomic E-state index is 13.9. The molecule has 0 aliphatic carbocycles. The number of piperidine rings is 1. The number of benzene rings is 2. The normalized spacial score (nSPS) is 17.5. The van der Waals surface area contributed by atoms with E-state index in [1.165, 1.54) is 22.3 Å². The van der Waals surface area contributed by atoms with Gasteiger partial charge in [-0.3, -0.25) is 9.88 Å². The van der Waals surface area contributed by atoms with Crippen LogP contribution in [0.2, 0.25) is 5.02 Å². The first-order valence-electron chi connectivity index (χ1n) is 17.3. The molecule has 6 nitrogen and oxygen atoms in total. The molecule has 3 aromatic rings. The average Bonchev–Trinajstić information content (AvgIpc) is 2.96. The van der Waals surface area contributed by atoms with Crippen LogP contribution in [0.25, 0.3) is 11.1 Å². The van der Waals surface area contributed by atoms with Crippen LogP contribution in [-0.4, -0.2) is 47.2 Å². The highest BCUT2D eigenvalue weighted by Gasteiger charge is 2.38. The number of ether oxygens (including phenoxy) is 2. The fraction of sp³-hybridized carbons (Fsp3) is 0.550. The summed E-state index contributed by atoms with van der Waals surface area (Å²) in [4.78, 5) is 24.0. The largest absolute Gasteiger partial charge is 0.461 e. The van der Waals surface area contributed by atoms with Gasteiger partial charge in [0, 0.05) is 60.3 Å². The SMILES string of the molecule is Cc1cccc(Cl)c1CN1CCc2cc(-c3c(C)nc(C)c(C(OC(C)(C)C)C(=O)OC(C)C)c3N3CCCC(C)(C)C3)ccc2C1. The van der Waals surface area contributed by atoms with Crippen LogP contribution in [0.5, 0.6) is 0 Å². The Morgan fingerprint density at radius 2 is 1.79 bits per heavy atom. The smallest absolute Gasteiger partial charge is 0.340 e. The monoisotopic (exact) mass is 659 g/mol. The van der Waals surface area contributed by atoms with Crippen LogP contribution in [0.4, 0.5) is 5.69 Å². The number of anilines is 1. The number of esters is 1. The van der Waals surface area contributed by atoms with Crippen LogP contribution in [0.1, 0.15) is 107 Å². The molecule has 0 amide bonds. The predicted octanol–water partition coefficient (Wildman–Crippen LogP) is 9.32. The Morgan fingerprint density at radius 1 is 1.04 bits per heavy atom. The summed E-state index contributed by atoms with van der Waals surface area (Å²) >= 11 is 6.60. The van der Waals surface area contributed by atoms with Gasteiger partial charge in [-0.05, 0) is 114 Å². The number of pyridine rings is 1. The molecule has 1 atom stereocenters. The first-order chi connectivity index (χ1) is 22.0. The molecular formula is C40H54ClN3O3. The number of rotatable bonds is 8. The molecule has 2 aliphatic heterocycles. The summed E-state index contributed by atoms with van der Waals surface area (Å²) in [6.07, 6.45) is 2.05. The van der Waals surface area contributed by atoms with Gasteiger partial charge in [0.25, 0.3) is 0 Å². The van der Waals surface area contributed by atoms with Crippen LogP contribution in [0.3, 0.4) is 0 Å². The number of hydrogen-bond acceptors (Lipinski definition) is 6. The summed E-state index contributed by atoms with van der Waals surface area (Å²) < 4.78 is 12.4.